The van der Waals surface area contributed by atoms with Crippen molar-refractivity contribution in [2.45, 2.75) is 13.5 Å². The maximum Gasteiger partial charge on any atom is 0.259 e. The Morgan fingerprint density at radius 1 is 1.14 bits per heavy atom. The zero-order chi connectivity index (χ0) is 20.0. The minimum absolute atomic E-state index is 0.136. The fraction of sp³-hybridized carbons (Fsp3) is 0.0909. The molecule has 0 saturated heterocycles. The summed E-state index contributed by atoms with van der Waals surface area (Å²) in [5, 5.41) is 10.2. The number of fused-ring (bicyclic) bond motifs is 2. The van der Waals surface area contributed by atoms with E-state index >= 15 is 0 Å². The maximum absolute atomic E-state index is 13.1. The fourth-order valence-corrected chi connectivity index (χ4v) is 3.52. The lowest BCUT2D eigenvalue weighted by Gasteiger charge is -2.09. The molecule has 0 spiro atoms. The first-order valence-electron chi connectivity index (χ1n) is 9.15. The van der Waals surface area contributed by atoms with Gasteiger partial charge in [-0.15, -0.1) is 0 Å². The van der Waals surface area contributed by atoms with Crippen molar-refractivity contribution in [3.05, 3.63) is 77.0 Å². The summed E-state index contributed by atoms with van der Waals surface area (Å²) in [6.45, 7) is 2.28. The normalized spacial score (nSPS) is 12.7. The van der Waals surface area contributed by atoms with Gasteiger partial charge in [-0.2, -0.15) is 0 Å². The molecule has 2 N–H and O–H groups in total. The van der Waals surface area contributed by atoms with Gasteiger partial charge >= 0.3 is 0 Å². The monoisotopic (exact) mass is 384 g/mol. The molecule has 0 unspecified atom stereocenters. The highest BCUT2D eigenvalue weighted by Gasteiger charge is 2.22. The van der Waals surface area contributed by atoms with E-state index < -0.39 is 0 Å². The number of nitrogens with zero attached hydrogens (tertiary/aromatic N) is 2. The topological polar surface area (TPSA) is 97.1 Å². The third kappa shape index (κ3) is 2.93. The van der Waals surface area contributed by atoms with Crippen molar-refractivity contribution < 1.29 is 14.1 Å². The van der Waals surface area contributed by atoms with E-state index in [1.165, 1.54) is 0 Å². The van der Waals surface area contributed by atoms with Crippen molar-refractivity contribution in [1.82, 2.24) is 15.5 Å². The van der Waals surface area contributed by atoms with Crippen LogP contribution in [0, 0.1) is 6.92 Å². The molecule has 4 aromatic rings. The average Bonchev–Trinajstić information content (AvgIpc) is 3.31. The van der Waals surface area contributed by atoms with Crippen molar-refractivity contribution in [3.8, 4) is 11.3 Å². The first-order chi connectivity index (χ1) is 14.1. The highest BCUT2D eigenvalue weighted by Crippen LogP contribution is 2.28. The van der Waals surface area contributed by atoms with Gasteiger partial charge in [0.25, 0.3) is 17.5 Å². The molecule has 0 atom stereocenters. The molecule has 0 aliphatic carbocycles. The van der Waals surface area contributed by atoms with E-state index in [-0.39, 0.29) is 11.8 Å². The smallest absolute Gasteiger partial charge is 0.259 e. The zero-order valence-corrected chi connectivity index (χ0v) is 15.5. The van der Waals surface area contributed by atoms with Crippen LogP contribution in [0.4, 0.5) is 5.69 Å². The number of carbonyl (C=O) groups excluding carboxylic acids is 2. The Labute approximate surface area is 165 Å². The number of hydrogen-bond acceptors (Lipinski definition) is 5. The largest absolute Gasteiger partial charge is 0.348 e. The minimum atomic E-state index is -0.320. The highest BCUT2D eigenvalue weighted by atomic mass is 16.5. The Kier molecular flexibility index (Phi) is 3.87. The van der Waals surface area contributed by atoms with Gasteiger partial charge in [0.1, 0.15) is 0 Å². The summed E-state index contributed by atoms with van der Waals surface area (Å²) in [6, 6.07) is 16.6. The van der Waals surface area contributed by atoms with Crippen molar-refractivity contribution >= 4 is 28.6 Å². The molecule has 1 aliphatic rings. The first-order valence-corrected chi connectivity index (χ1v) is 9.15. The number of amides is 2. The Morgan fingerprint density at radius 2 is 1.97 bits per heavy atom. The lowest BCUT2D eigenvalue weighted by atomic mass is 10.0. The number of anilines is 1. The molecule has 29 heavy (non-hydrogen) atoms. The molecule has 2 aromatic heterocycles. The molecule has 5 rings (SSSR count). The van der Waals surface area contributed by atoms with Gasteiger partial charge in [-0.05, 0) is 30.7 Å². The summed E-state index contributed by atoms with van der Waals surface area (Å²) >= 11 is 0. The molecule has 7 nitrogen and oxygen atoms in total. The summed E-state index contributed by atoms with van der Waals surface area (Å²) in [4.78, 5) is 29.6. The lowest BCUT2D eigenvalue weighted by Crippen LogP contribution is -2.14. The Balaban J connectivity index is 1.57. The Morgan fingerprint density at radius 3 is 2.79 bits per heavy atom. The third-order valence-corrected chi connectivity index (χ3v) is 4.98. The molecule has 1 aliphatic heterocycles. The van der Waals surface area contributed by atoms with E-state index in [4.69, 9.17) is 4.52 Å². The van der Waals surface area contributed by atoms with Gasteiger partial charge in [-0.3, -0.25) is 9.59 Å². The van der Waals surface area contributed by atoms with Crippen LogP contribution in [-0.4, -0.2) is 22.0 Å². The van der Waals surface area contributed by atoms with Crippen molar-refractivity contribution in [2.75, 3.05) is 5.32 Å². The van der Waals surface area contributed by atoms with E-state index in [2.05, 4.69) is 20.8 Å². The van der Waals surface area contributed by atoms with Gasteiger partial charge in [0, 0.05) is 23.4 Å². The number of aromatic nitrogens is 2. The SMILES string of the molecule is Cc1noc2nc(-c3ccccc3)cc(C(=O)Nc3ccc4c(c3)C(=O)NC4)c12. The maximum atomic E-state index is 13.1. The second kappa shape index (κ2) is 6.56. The quantitative estimate of drug-likeness (QED) is 0.561. The van der Waals surface area contributed by atoms with Crippen LogP contribution in [0.1, 0.15) is 32.0 Å². The highest BCUT2D eigenvalue weighted by molar-refractivity contribution is 6.13. The van der Waals surface area contributed by atoms with Gasteiger partial charge in [-0.1, -0.05) is 41.6 Å². The molecule has 0 fully saturated rings. The molecule has 3 heterocycles. The number of pyridine rings is 1. The molecule has 0 bridgehead atoms. The number of nitrogens with one attached hydrogen (secondary N) is 2. The van der Waals surface area contributed by atoms with Crippen molar-refractivity contribution in [3.63, 3.8) is 0 Å². The second-order valence-electron chi connectivity index (χ2n) is 6.88. The molecule has 2 amide bonds. The van der Waals surface area contributed by atoms with Gasteiger partial charge in [0.15, 0.2) is 0 Å². The lowest BCUT2D eigenvalue weighted by molar-refractivity contribution is 0.0964. The number of aryl methyl sites for hydroxylation is 1. The third-order valence-electron chi connectivity index (χ3n) is 4.98. The zero-order valence-electron chi connectivity index (χ0n) is 15.5. The minimum Gasteiger partial charge on any atom is -0.348 e. The molecule has 7 heteroatoms. The van der Waals surface area contributed by atoms with Crippen LogP contribution in [0.2, 0.25) is 0 Å². The van der Waals surface area contributed by atoms with Gasteiger partial charge in [-0.25, -0.2) is 4.98 Å². The summed E-state index contributed by atoms with van der Waals surface area (Å²) in [5.41, 5.74) is 4.84. The summed E-state index contributed by atoms with van der Waals surface area (Å²) < 4.78 is 5.33. The predicted octanol–water partition coefficient (Wildman–Crippen LogP) is 3.69. The number of rotatable bonds is 3. The number of benzene rings is 2. The molecule has 0 radical (unpaired) electrons. The predicted molar refractivity (Wildman–Crippen MR) is 108 cm³/mol. The van der Waals surface area contributed by atoms with Crippen LogP contribution in [0.15, 0.2) is 59.1 Å². The van der Waals surface area contributed by atoms with Crippen LogP contribution in [0.3, 0.4) is 0 Å². The second-order valence-corrected chi connectivity index (χ2v) is 6.88. The Hall–Kier alpha value is -4.00. The molecule has 142 valence electrons. The van der Waals surface area contributed by atoms with Crippen LogP contribution < -0.4 is 10.6 Å². The van der Waals surface area contributed by atoms with Crippen molar-refractivity contribution in [2.24, 2.45) is 0 Å². The van der Waals surface area contributed by atoms with Crippen LogP contribution in [0.25, 0.3) is 22.4 Å². The van der Waals surface area contributed by atoms with Gasteiger partial charge in [0.05, 0.1) is 22.3 Å². The van der Waals surface area contributed by atoms with Crippen LogP contribution in [-0.2, 0) is 6.54 Å². The number of hydrogen-bond donors (Lipinski definition) is 2. The van der Waals surface area contributed by atoms with E-state index in [9.17, 15) is 9.59 Å². The van der Waals surface area contributed by atoms with Crippen LogP contribution >= 0.6 is 0 Å². The molecular weight excluding hydrogens is 368 g/mol. The average molecular weight is 384 g/mol. The van der Waals surface area contributed by atoms with Crippen LogP contribution in [0.5, 0.6) is 0 Å². The number of carbonyl (C=O) groups is 2. The molecule has 2 aromatic carbocycles. The first kappa shape index (κ1) is 17.1. The van der Waals surface area contributed by atoms with E-state index in [0.29, 0.717) is 45.8 Å². The Bertz CT molecular complexity index is 1280. The standard InChI is InChI=1S/C22H16N4O3/c1-12-19-17(10-18(25-22(19)29-26-12)13-5-3-2-4-6-13)21(28)24-15-8-7-14-11-23-20(27)16(14)9-15/h2-10H,11H2,1H3,(H,23,27)(H,24,28). The van der Waals surface area contributed by atoms with E-state index in [1.54, 1.807) is 25.1 Å². The molecule has 0 saturated carbocycles. The van der Waals surface area contributed by atoms with E-state index in [0.717, 1.165) is 11.1 Å². The summed E-state index contributed by atoms with van der Waals surface area (Å²) in [7, 11) is 0. The van der Waals surface area contributed by atoms with E-state index in [1.807, 2.05) is 36.4 Å². The van der Waals surface area contributed by atoms with Crippen molar-refractivity contribution in [1.29, 1.82) is 0 Å². The van der Waals surface area contributed by atoms with Gasteiger partial charge < -0.3 is 15.2 Å². The summed E-state index contributed by atoms with van der Waals surface area (Å²) in [6.07, 6.45) is 0. The fourth-order valence-electron chi connectivity index (χ4n) is 3.52. The molecular formula is C22H16N4O3. The summed E-state index contributed by atoms with van der Waals surface area (Å²) in [5.74, 6) is -0.456. The van der Waals surface area contributed by atoms with Gasteiger partial charge in [0.2, 0.25) is 0 Å².